The maximum atomic E-state index is 13.1. The zero-order valence-electron chi connectivity index (χ0n) is 18.2. The molecule has 4 aromatic rings. The van der Waals surface area contributed by atoms with E-state index in [-0.39, 0.29) is 23.8 Å². The molecule has 0 aliphatic rings. The predicted molar refractivity (Wildman–Crippen MR) is 121 cm³/mol. The number of benzene rings is 2. The highest BCUT2D eigenvalue weighted by atomic mass is 16.5. The molecular formula is C25H24N2O5. The molecule has 0 saturated heterocycles. The van der Waals surface area contributed by atoms with Crippen molar-refractivity contribution in [2.45, 2.75) is 20.0 Å². The van der Waals surface area contributed by atoms with Crippen LogP contribution in [-0.2, 0) is 13.1 Å². The number of aryl methyl sites for hydroxylation is 1. The average molecular weight is 432 g/mol. The number of hydrogen-bond donors (Lipinski definition) is 1. The number of rotatable bonds is 7. The van der Waals surface area contributed by atoms with Gasteiger partial charge in [-0.2, -0.15) is 0 Å². The van der Waals surface area contributed by atoms with Crippen LogP contribution in [0.15, 0.2) is 70.1 Å². The Balaban J connectivity index is 1.71. The molecule has 0 unspecified atom stereocenters. The number of pyridine rings is 1. The first kappa shape index (κ1) is 21.2. The zero-order chi connectivity index (χ0) is 22.7. The van der Waals surface area contributed by atoms with Crippen molar-refractivity contribution in [2.24, 2.45) is 0 Å². The zero-order valence-corrected chi connectivity index (χ0v) is 18.2. The van der Waals surface area contributed by atoms with Crippen LogP contribution in [0.1, 0.15) is 27.2 Å². The topological polar surface area (TPSA) is 84.8 Å². The number of amides is 1. The van der Waals surface area contributed by atoms with Gasteiger partial charge in [-0.1, -0.05) is 29.8 Å². The number of furan rings is 1. The van der Waals surface area contributed by atoms with Crippen LogP contribution in [0.5, 0.6) is 11.5 Å². The minimum Gasteiger partial charge on any atom is -0.493 e. The number of fused-ring (bicyclic) bond motifs is 1. The molecule has 1 amide bonds. The third-order valence-electron chi connectivity index (χ3n) is 5.30. The summed E-state index contributed by atoms with van der Waals surface area (Å²) >= 11 is 0. The first-order valence-electron chi connectivity index (χ1n) is 10.1. The molecule has 2 aromatic carbocycles. The minimum atomic E-state index is -0.289. The molecule has 0 radical (unpaired) electrons. The molecular weight excluding hydrogens is 408 g/mol. The number of carbonyl (C=O) groups is 1. The van der Waals surface area contributed by atoms with Gasteiger partial charge >= 0.3 is 0 Å². The monoisotopic (exact) mass is 432 g/mol. The summed E-state index contributed by atoms with van der Waals surface area (Å²) in [6.45, 7) is 2.46. The van der Waals surface area contributed by atoms with Crippen molar-refractivity contribution in [3.8, 4) is 11.5 Å². The molecule has 1 N–H and O–H groups in total. The summed E-state index contributed by atoms with van der Waals surface area (Å²) in [6, 6.07) is 16.5. The Morgan fingerprint density at radius 3 is 2.38 bits per heavy atom. The van der Waals surface area contributed by atoms with E-state index in [9.17, 15) is 9.59 Å². The van der Waals surface area contributed by atoms with E-state index in [1.54, 1.807) is 49.5 Å². The molecule has 164 valence electrons. The third kappa shape index (κ3) is 4.37. The van der Waals surface area contributed by atoms with E-state index in [0.29, 0.717) is 29.1 Å². The number of aromatic amines is 1. The molecule has 2 aromatic heterocycles. The fourth-order valence-electron chi connectivity index (χ4n) is 3.57. The number of carbonyl (C=O) groups excluding carboxylic acids is 1. The van der Waals surface area contributed by atoms with Crippen LogP contribution in [0.3, 0.4) is 0 Å². The lowest BCUT2D eigenvalue weighted by Crippen LogP contribution is -2.32. The summed E-state index contributed by atoms with van der Waals surface area (Å²) in [5.74, 6) is 1.02. The van der Waals surface area contributed by atoms with Crippen LogP contribution in [-0.4, -0.2) is 30.0 Å². The lowest BCUT2D eigenvalue weighted by molar-refractivity contribution is 0.0697. The molecule has 4 rings (SSSR count). The van der Waals surface area contributed by atoms with Crippen molar-refractivity contribution in [1.29, 1.82) is 0 Å². The van der Waals surface area contributed by atoms with Crippen molar-refractivity contribution < 1.29 is 18.7 Å². The number of nitrogens with zero attached hydrogens (tertiary/aromatic N) is 1. The fraction of sp³-hybridized carbons (Fsp3) is 0.200. The van der Waals surface area contributed by atoms with Gasteiger partial charge in [0.25, 0.3) is 11.5 Å². The molecule has 0 saturated carbocycles. The van der Waals surface area contributed by atoms with Crippen molar-refractivity contribution >= 4 is 16.8 Å². The molecule has 0 bridgehead atoms. The second-order valence-electron chi connectivity index (χ2n) is 7.54. The van der Waals surface area contributed by atoms with Crippen LogP contribution in [0, 0.1) is 6.92 Å². The maximum Gasteiger partial charge on any atom is 0.290 e. The van der Waals surface area contributed by atoms with Gasteiger partial charge in [0.2, 0.25) is 0 Å². The van der Waals surface area contributed by atoms with Crippen LogP contribution in [0.25, 0.3) is 10.9 Å². The number of methoxy groups -OCH3 is 2. The summed E-state index contributed by atoms with van der Waals surface area (Å²) < 4.78 is 16.0. The van der Waals surface area contributed by atoms with E-state index >= 15 is 0 Å². The molecule has 32 heavy (non-hydrogen) atoms. The first-order valence-corrected chi connectivity index (χ1v) is 10.1. The molecule has 0 spiro atoms. The van der Waals surface area contributed by atoms with E-state index in [1.807, 2.05) is 31.2 Å². The molecule has 7 nitrogen and oxygen atoms in total. The molecule has 0 fully saturated rings. The van der Waals surface area contributed by atoms with E-state index in [1.165, 1.54) is 6.26 Å². The second-order valence-corrected chi connectivity index (χ2v) is 7.54. The lowest BCUT2D eigenvalue weighted by Gasteiger charge is -2.22. The van der Waals surface area contributed by atoms with E-state index in [2.05, 4.69) is 4.98 Å². The predicted octanol–water partition coefficient (Wildman–Crippen LogP) is 4.29. The highest BCUT2D eigenvalue weighted by Crippen LogP contribution is 2.31. The van der Waals surface area contributed by atoms with Gasteiger partial charge in [-0.05, 0) is 36.8 Å². The Labute approximate surface area is 185 Å². The maximum absolute atomic E-state index is 13.1. The summed E-state index contributed by atoms with van der Waals surface area (Å²) in [4.78, 5) is 30.4. The van der Waals surface area contributed by atoms with Crippen molar-refractivity contribution in [3.63, 3.8) is 0 Å². The standard InChI is InChI=1S/C25H24N2O5/c1-16-6-8-17(9-7-16)14-27(25(29)21-5-4-10-32-21)15-19-11-18-12-22(30-2)23(31-3)13-20(18)26-24(19)28/h4-13H,14-15H2,1-3H3,(H,26,28). The third-order valence-corrected chi connectivity index (χ3v) is 5.30. The van der Waals surface area contributed by atoms with Gasteiger partial charge in [-0.25, -0.2) is 0 Å². The second kappa shape index (κ2) is 9.01. The van der Waals surface area contributed by atoms with Gasteiger partial charge in [0.05, 0.1) is 32.5 Å². The van der Waals surface area contributed by atoms with Crippen LogP contribution < -0.4 is 15.0 Å². The number of aromatic nitrogens is 1. The Morgan fingerprint density at radius 2 is 1.72 bits per heavy atom. The quantitative estimate of drug-likeness (QED) is 0.471. The Hall–Kier alpha value is -4.00. The van der Waals surface area contributed by atoms with Gasteiger partial charge < -0.3 is 23.8 Å². The van der Waals surface area contributed by atoms with Gasteiger partial charge in [-0.3, -0.25) is 9.59 Å². The van der Waals surface area contributed by atoms with Crippen molar-refractivity contribution in [3.05, 3.63) is 93.7 Å². The van der Waals surface area contributed by atoms with Gasteiger partial charge in [0.1, 0.15) is 0 Å². The summed E-state index contributed by atoms with van der Waals surface area (Å²) in [7, 11) is 3.10. The average Bonchev–Trinajstić information content (AvgIpc) is 3.34. The van der Waals surface area contributed by atoms with Gasteiger partial charge in [0.15, 0.2) is 17.3 Å². The summed E-state index contributed by atoms with van der Waals surface area (Å²) in [6.07, 6.45) is 1.46. The number of ether oxygens (including phenoxy) is 2. The highest BCUT2D eigenvalue weighted by molar-refractivity contribution is 5.91. The SMILES string of the molecule is COc1cc2cc(CN(Cc3ccc(C)cc3)C(=O)c3ccco3)c(=O)[nH]c2cc1OC. The summed E-state index contributed by atoms with van der Waals surface area (Å²) in [5, 5.41) is 0.776. The number of nitrogens with one attached hydrogen (secondary N) is 1. The highest BCUT2D eigenvalue weighted by Gasteiger charge is 2.21. The van der Waals surface area contributed by atoms with Crippen LogP contribution >= 0.6 is 0 Å². The molecule has 2 heterocycles. The summed E-state index contributed by atoms with van der Waals surface area (Å²) in [5.41, 5.74) is 2.90. The van der Waals surface area contributed by atoms with E-state index < -0.39 is 0 Å². The van der Waals surface area contributed by atoms with Crippen LogP contribution in [0.2, 0.25) is 0 Å². The van der Waals surface area contributed by atoms with Crippen molar-refractivity contribution in [2.75, 3.05) is 14.2 Å². The lowest BCUT2D eigenvalue weighted by atomic mass is 10.1. The largest absolute Gasteiger partial charge is 0.493 e. The van der Waals surface area contributed by atoms with Gasteiger partial charge in [0, 0.05) is 23.6 Å². The van der Waals surface area contributed by atoms with E-state index in [4.69, 9.17) is 13.9 Å². The number of hydrogen-bond acceptors (Lipinski definition) is 5. The molecule has 7 heteroatoms. The minimum absolute atomic E-state index is 0.118. The van der Waals surface area contributed by atoms with E-state index in [0.717, 1.165) is 16.5 Å². The number of H-pyrrole nitrogens is 1. The molecule has 0 aliphatic carbocycles. The normalized spacial score (nSPS) is 10.8. The Bertz CT molecular complexity index is 1290. The molecule has 0 atom stereocenters. The first-order chi connectivity index (χ1) is 15.5. The molecule has 0 aliphatic heterocycles. The van der Waals surface area contributed by atoms with Crippen LogP contribution in [0.4, 0.5) is 0 Å². The van der Waals surface area contributed by atoms with Crippen molar-refractivity contribution in [1.82, 2.24) is 9.88 Å². The van der Waals surface area contributed by atoms with Gasteiger partial charge in [-0.15, -0.1) is 0 Å². The Kier molecular flexibility index (Phi) is 5.98. The smallest absolute Gasteiger partial charge is 0.290 e. The Morgan fingerprint density at radius 1 is 1.00 bits per heavy atom. The fourth-order valence-corrected chi connectivity index (χ4v) is 3.57.